The third kappa shape index (κ3) is 2.15. The lowest BCUT2D eigenvalue weighted by atomic mass is 10.2. The van der Waals surface area contributed by atoms with E-state index < -0.39 is 0 Å². The van der Waals surface area contributed by atoms with E-state index in [0.717, 1.165) is 11.3 Å². The van der Waals surface area contributed by atoms with Gasteiger partial charge in [0.05, 0.1) is 6.54 Å². The molecule has 1 aliphatic rings. The van der Waals surface area contributed by atoms with Crippen molar-refractivity contribution in [2.24, 2.45) is 5.73 Å². The molecule has 0 aliphatic carbocycles. The maximum atomic E-state index is 7.40. The van der Waals surface area contributed by atoms with E-state index in [2.05, 4.69) is 0 Å². The van der Waals surface area contributed by atoms with Crippen LogP contribution in [0, 0.1) is 5.41 Å². The zero-order valence-corrected chi connectivity index (χ0v) is 8.92. The number of nitrogens with two attached hydrogens (primary N) is 1. The Hall–Kier alpha value is -1.42. The maximum absolute atomic E-state index is 7.40. The van der Waals surface area contributed by atoms with Crippen molar-refractivity contribution in [2.45, 2.75) is 6.54 Å². The van der Waals surface area contributed by atoms with Gasteiger partial charge in [0.25, 0.3) is 0 Å². The normalized spacial score (nSPS) is 15.1. The second kappa shape index (κ2) is 3.98. The average Bonchev–Trinajstić information content (AvgIpc) is 2.39. The van der Waals surface area contributed by atoms with E-state index in [-0.39, 0.29) is 5.96 Å². The first-order valence-electron chi connectivity index (χ1n) is 4.67. The van der Waals surface area contributed by atoms with Gasteiger partial charge in [-0.3, -0.25) is 5.41 Å². The van der Waals surface area contributed by atoms with E-state index in [1.165, 1.54) is 0 Å². The Morgan fingerprint density at radius 1 is 1.53 bits per heavy atom. The largest absolute Gasteiger partial charge is 0.491 e. The molecule has 0 radical (unpaired) electrons. The summed E-state index contributed by atoms with van der Waals surface area (Å²) in [5.74, 6) is 0.884. The summed E-state index contributed by atoms with van der Waals surface area (Å²) in [7, 11) is 0. The van der Waals surface area contributed by atoms with Gasteiger partial charge in [0.2, 0.25) is 0 Å². The van der Waals surface area contributed by atoms with Crippen LogP contribution in [0.25, 0.3) is 0 Å². The Morgan fingerprint density at radius 3 is 3.07 bits per heavy atom. The average molecular weight is 226 g/mol. The predicted octanol–water partition coefficient (Wildman–Crippen LogP) is 1.43. The number of ether oxygens (including phenoxy) is 1. The molecule has 1 aromatic rings. The van der Waals surface area contributed by atoms with Gasteiger partial charge in [-0.1, -0.05) is 11.6 Å². The molecule has 2 rings (SSSR count). The van der Waals surface area contributed by atoms with Crippen LogP contribution < -0.4 is 10.5 Å². The first-order valence-corrected chi connectivity index (χ1v) is 5.05. The standard InChI is InChI=1S/C10H12ClN3O/c11-8-1-2-9-7(5-8)6-14(10(12)13)3-4-15-9/h1-2,5H,3-4,6H2,(H3,12,13). The molecule has 0 bridgehead atoms. The monoisotopic (exact) mass is 225 g/mol. The van der Waals surface area contributed by atoms with Crippen molar-refractivity contribution in [1.82, 2.24) is 4.90 Å². The number of hydrogen-bond acceptors (Lipinski definition) is 2. The predicted molar refractivity (Wildman–Crippen MR) is 59.3 cm³/mol. The molecule has 4 nitrogen and oxygen atoms in total. The van der Waals surface area contributed by atoms with Crippen LogP contribution in [-0.4, -0.2) is 24.0 Å². The Bertz CT molecular complexity index is 394. The summed E-state index contributed by atoms with van der Waals surface area (Å²) >= 11 is 5.90. The van der Waals surface area contributed by atoms with Crippen LogP contribution in [0.4, 0.5) is 0 Å². The highest BCUT2D eigenvalue weighted by Gasteiger charge is 2.16. The number of guanidine groups is 1. The van der Waals surface area contributed by atoms with E-state index >= 15 is 0 Å². The Morgan fingerprint density at radius 2 is 2.33 bits per heavy atom. The van der Waals surface area contributed by atoms with Gasteiger partial charge in [0.15, 0.2) is 5.96 Å². The lowest BCUT2D eigenvalue weighted by molar-refractivity contribution is 0.288. The highest BCUT2D eigenvalue weighted by molar-refractivity contribution is 6.30. The number of benzene rings is 1. The van der Waals surface area contributed by atoms with Crippen molar-refractivity contribution in [1.29, 1.82) is 5.41 Å². The molecule has 15 heavy (non-hydrogen) atoms. The molecule has 3 N–H and O–H groups in total. The number of nitrogens with one attached hydrogen (secondary N) is 1. The molecule has 0 saturated heterocycles. The van der Waals surface area contributed by atoms with Gasteiger partial charge < -0.3 is 15.4 Å². The summed E-state index contributed by atoms with van der Waals surface area (Å²) in [6.45, 7) is 1.74. The van der Waals surface area contributed by atoms with E-state index in [0.29, 0.717) is 24.7 Å². The molecule has 5 heteroatoms. The molecule has 1 aliphatic heterocycles. The number of halogens is 1. The molecule has 0 spiro atoms. The highest BCUT2D eigenvalue weighted by atomic mass is 35.5. The van der Waals surface area contributed by atoms with Crippen LogP contribution in [0.5, 0.6) is 5.75 Å². The quantitative estimate of drug-likeness (QED) is 0.519. The Kier molecular flexibility index (Phi) is 2.68. The second-order valence-electron chi connectivity index (χ2n) is 3.41. The molecular formula is C10H12ClN3O. The van der Waals surface area contributed by atoms with Crippen molar-refractivity contribution < 1.29 is 4.74 Å². The van der Waals surface area contributed by atoms with Gasteiger partial charge >= 0.3 is 0 Å². The highest BCUT2D eigenvalue weighted by Crippen LogP contribution is 2.25. The van der Waals surface area contributed by atoms with Gasteiger partial charge in [-0.05, 0) is 18.2 Å². The number of hydrogen-bond donors (Lipinski definition) is 2. The summed E-state index contributed by atoms with van der Waals surface area (Å²) in [6, 6.07) is 5.49. The topological polar surface area (TPSA) is 62.3 Å². The first-order chi connectivity index (χ1) is 7.16. The van der Waals surface area contributed by atoms with Crippen LogP contribution in [0.15, 0.2) is 18.2 Å². The molecule has 0 saturated carbocycles. The third-order valence-corrected chi connectivity index (χ3v) is 2.58. The van der Waals surface area contributed by atoms with Crippen LogP contribution >= 0.6 is 11.6 Å². The molecule has 0 unspecified atom stereocenters. The maximum Gasteiger partial charge on any atom is 0.188 e. The van der Waals surface area contributed by atoms with Crippen molar-refractivity contribution in [2.75, 3.05) is 13.2 Å². The zero-order valence-electron chi connectivity index (χ0n) is 8.16. The molecule has 0 amide bonds. The van der Waals surface area contributed by atoms with Crippen LogP contribution in [0.2, 0.25) is 5.02 Å². The van der Waals surface area contributed by atoms with Crippen LogP contribution in [0.1, 0.15) is 5.56 Å². The minimum absolute atomic E-state index is 0.0615. The van der Waals surface area contributed by atoms with Gasteiger partial charge in [-0.2, -0.15) is 0 Å². The molecular weight excluding hydrogens is 214 g/mol. The fourth-order valence-electron chi connectivity index (χ4n) is 1.57. The van der Waals surface area contributed by atoms with E-state index in [1.54, 1.807) is 11.0 Å². The fourth-order valence-corrected chi connectivity index (χ4v) is 1.76. The van der Waals surface area contributed by atoms with Crippen molar-refractivity contribution in [3.05, 3.63) is 28.8 Å². The molecule has 0 atom stereocenters. The van der Waals surface area contributed by atoms with E-state index in [9.17, 15) is 0 Å². The molecule has 1 aromatic carbocycles. The fraction of sp³-hybridized carbons (Fsp3) is 0.300. The summed E-state index contributed by atoms with van der Waals surface area (Å²) in [5.41, 5.74) is 6.42. The number of fused-ring (bicyclic) bond motifs is 1. The minimum Gasteiger partial charge on any atom is -0.491 e. The lowest BCUT2D eigenvalue weighted by Crippen LogP contribution is -2.37. The summed E-state index contributed by atoms with van der Waals surface area (Å²) in [4.78, 5) is 1.75. The Balaban J connectivity index is 2.31. The second-order valence-corrected chi connectivity index (χ2v) is 3.84. The van der Waals surface area contributed by atoms with Crippen molar-refractivity contribution >= 4 is 17.6 Å². The van der Waals surface area contributed by atoms with Gasteiger partial charge in [-0.25, -0.2) is 0 Å². The SMILES string of the molecule is N=C(N)N1CCOc2ccc(Cl)cc2C1. The van der Waals surface area contributed by atoms with Crippen LogP contribution in [0.3, 0.4) is 0 Å². The molecule has 80 valence electrons. The van der Waals surface area contributed by atoms with Crippen LogP contribution in [-0.2, 0) is 6.54 Å². The molecule has 0 fully saturated rings. The number of rotatable bonds is 0. The number of nitrogens with zero attached hydrogens (tertiary/aromatic N) is 1. The summed E-state index contributed by atoms with van der Waals surface area (Å²) in [6.07, 6.45) is 0. The minimum atomic E-state index is 0.0615. The van der Waals surface area contributed by atoms with Crippen molar-refractivity contribution in [3.8, 4) is 5.75 Å². The molecule has 0 aromatic heterocycles. The van der Waals surface area contributed by atoms with E-state index in [1.807, 2.05) is 12.1 Å². The zero-order chi connectivity index (χ0) is 10.8. The smallest absolute Gasteiger partial charge is 0.188 e. The Labute approximate surface area is 93.1 Å². The molecule has 1 heterocycles. The third-order valence-electron chi connectivity index (χ3n) is 2.34. The first kappa shape index (κ1) is 10.1. The van der Waals surface area contributed by atoms with Gasteiger partial charge in [-0.15, -0.1) is 0 Å². The van der Waals surface area contributed by atoms with Gasteiger partial charge in [0, 0.05) is 17.1 Å². The van der Waals surface area contributed by atoms with Gasteiger partial charge in [0.1, 0.15) is 12.4 Å². The van der Waals surface area contributed by atoms with Crippen molar-refractivity contribution in [3.63, 3.8) is 0 Å². The summed E-state index contributed by atoms with van der Waals surface area (Å²) < 4.78 is 5.53. The van der Waals surface area contributed by atoms with E-state index in [4.69, 9.17) is 27.5 Å². The lowest BCUT2D eigenvalue weighted by Gasteiger charge is -2.18. The summed E-state index contributed by atoms with van der Waals surface area (Å²) in [5, 5.41) is 8.07.